The Hall–Kier alpha value is -1.24. The number of likely N-dealkylation sites (tertiary alicyclic amines) is 1. The summed E-state index contributed by atoms with van der Waals surface area (Å²) in [6.07, 6.45) is 4.30. The minimum atomic E-state index is -2.85. The molecule has 23 heavy (non-hydrogen) atoms. The van der Waals surface area contributed by atoms with E-state index in [0.717, 1.165) is 32.1 Å². The van der Waals surface area contributed by atoms with E-state index in [4.69, 9.17) is 0 Å². The Morgan fingerprint density at radius 1 is 1.26 bits per heavy atom. The number of hydrogen-bond donors (Lipinski definition) is 1. The molecule has 1 saturated heterocycles. The molecular weight excluding hydrogens is 308 g/mol. The van der Waals surface area contributed by atoms with E-state index in [2.05, 4.69) is 4.74 Å². The van der Waals surface area contributed by atoms with Crippen molar-refractivity contribution in [1.82, 2.24) is 4.90 Å². The van der Waals surface area contributed by atoms with E-state index >= 15 is 0 Å². The van der Waals surface area contributed by atoms with E-state index in [0.29, 0.717) is 13.0 Å². The van der Waals surface area contributed by atoms with Crippen LogP contribution in [0.5, 0.6) is 0 Å². The lowest BCUT2D eigenvalue weighted by molar-refractivity contribution is -0.163. The minimum Gasteiger partial charge on any atom is -0.481 e. The van der Waals surface area contributed by atoms with Crippen molar-refractivity contribution < 1.29 is 28.2 Å². The Morgan fingerprint density at radius 2 is 1.91 bits per heavy atom. The van der Waals surface area contributed by atoms with Crippen molar-refractivity contribution in [2.24, 2.45) is 11.3 Å². The van der Waals surface area contributed by atoms with E-state index in [-0.39, 0.29) is 24.8 Å². The molecule has 2 aliphatic rings. The minimum absolute atomic E-state index is 0.0370. The first-order valence-electron chi connectivity index (χ1n) is 8.27. The van der Waals surface area contributed by atoms with Gasteiger partial charge in [-0.25, -0.2) is 0 Å². The molecule has 2 atom stereocenters. The molecule has 7 heteroatoms. The second-order valence-corrected chi connectivity index (χ2v) is 6.88. The number of aliphatic carboxylic acids is 1. The van der Waals surface area contributed by atoms with Gasteiger partial charge in [0, 0.05) is 13.1 Å². The van der Waals surface area contributed by atoms with Crippen molar-refractivity contribution in [2.45, 2.75) is 64.6 Å². The number of hydrogen-bond acceptors (Lipinski definition) is 3. The summed E-state index contributed by atoms with van der Waals surface area (Å²) in [6.45, 7) is -0.664. The van der Waals surface area contributed by atoms with E-state index < -0.39 is 24.1 Å². The number of carbonyl (C=O) groups excluding carboxylic acids is 1. The highest BCUT2D eigenvalue weighted by Crippen LogP contribution is 2.43. The maximum absolute atomic E-state index is 13.0. The fourth-order valence-electron chi connectivity index (χ4n) is 3.98. The van der Waals surface area contributed by atoms with Crippen molar-refractivity contribution in [2.75, 3.05) is 13.1 Å². The molecule has 1 unspecified atom stereocenters. The van der Waals surface area contributed by atoms with E-state index in [9.17, 15) is 23.5 Å². The zero-order valence-electron chi connectivity index (χ0n) is 13.5. The fourth-order valence-corrected chi connectivity index (χ4v) is 3.98. The zero-order chi connectivity index (χ0) is 17.0. The highest BCUT2D eigenvalue weighted by atomic mass is 19.3. The van der Waals surface area contributed by atoms with Gasteiger partial charge in [-0.2, -0.15) is 8.78 Å². The normalized spacial score (nSPS) is 25.6. The van der Waals surface area contributed by atoms with Gasteiger partial charge >= 0.3 is 12.6 Å². The Balaban J connectivity index is 2.09. The summed E-state index contributed by atoms with van der Waals surface area (Å²) < 4.78 is 29.1. The Bertz CT molecular complexity index is 440. The summed E-state index contributed by atoms with van der Waals surface area (Å²) in [6, 6.07) is 0. The van der Waals surface area contributed by atoms with Crippen LogP contribution >= 0.6 is 0 Å². The van der Waals surface area contributed by atoms with Crippen LogP contribution in [0.4, 0.5) is 8.78 Å². The van der Waals surface area contributed by atoms with Gasteiger partial charge in [0.15, 0.2) is 0 Å². The van der Waals surface area contributed by atoms with Gasteiger partial charge in [0.1, 0.15) is 0 Å². The molecule has 0 spiro atoms. The van der Waals surface area contributed by atoms with Crippen LogP contribution in [0, 0.1) is 11.3 Å². The molecule has 0 aromatic rings. The highest BCUT2D eigenvalue weighted by Gasteiger charge is 2.46. The van der Waals surface area contributed by atoms with Crippen LogP contribution in [0.15, 0.2) is 0 Å². The number of carboxylic acid groups (broad SMARTS) is 1. The Morgan fingerprint density at radius 3 is 2.48 bits per heavy atom. The fraction of sp³-hybridized carbons (Fsp3) is 0.875. The van der Waals surface area contributed by atoms with Crippen LogP contribution in [0.3, 0.4) is 0 Å². The predicted molar refractivity (Wildman–Crippen MR) is 79.0 cm³/mol. The molecule has 2 rings (SSSR count). The van der Waals surface area contributed by atoms with Crippen LogP contribution in [-0.4, -0.2) is 47.7 Å². The summed E-state index contributed by atoms with van der Waals surface area (Å²) in [5.41, 5.74) is -0.966. The third kappa shape index (κ3) is 4.40. The third-order valence-electron chi connectivity index (χ3n) is 5.24. The number of rotatable bonds is 6. The van der Waals surface area contributed by atoms with Crippen LogP contribution in [0.25, 0.3) is 0 Å². The van der Waals surface area contributed by atoms with Crippen molar-refractivity contribution in [3.8, 4) is 0 Å². The van der Waals surface area contributed by atoms with Gasteiger partial charge in [-0.1, -0.05) is 19.3 Å². The number of amides is 1. The molecule has 1 aliphatic carbocycles. The summed E-state index contributed by atoms with van der Waals surface area (Å²) in [7, 11) is 0. The number of carbonyl (C=O) groups is 2. The molecule has 0 aromatic carbocycles. The lowest BCUT2D eigenvalue weighted by Gasteiger charge is -2.40. The second kappa shape index (κ2) is 7.55. The molecule has 1 saturated carbocycles. The molecule has 5 nitrogen and oxygen atoms in total. The largest absolute Gasteiger partial charge is 0.481 e. The van der Waals surface area contributed by atoms with Gasteiger partial charge in [0.05, 0.1) is 17.9 Å². The molecule has 0 bridgehead atoms. The van der Waals surface area contributed by atoms with Crippen LogP contribution in [0.2, 0.25) is 0 Å². The average Bonchev–Trinajstić information content (AvgIpc) is 2.94. The van der Waals surface area contributed by atoms with Gasteiger partial charge in [-0.3, -0.25) is 9.59 Å². The van der Waals surface area contributed by atoms with Gasteiger partial charge in [-0.05, 0) is 32.1 Å². The first-order chi connectivity index (χ1) is 10.8. The van der Waals surface area contributed by atoms with Crippen LogP contribution in [0.1, 0.15) is 51.9 Å². The SMILES string of the molecule is CC(CC(=O)O)(C(=O)N1CC[C@H](OC(F)F)C1)C1CCCCC1. The topological polar surface area (TPSA) is 66.8 Å². The average molecular weight is 333 g/mol. The van der Waals surface area contributed by atoms with Crippen molar-refractivity contribution in [3.63, 3.8) is 0 Å². The summed E-state index contributed by atoms with van der Waals surface area (Å²) in [4.78, 5) is 25.7. The van der Waals surface area contributed by atoms with E-state index in [1.165, 1.54) is 4.90 Å². The molecule has 132 valence electrons. The van der Waals surface area contributed by atoms with Crippen LogP contribution in [-0.2, 0) is 14.3 Å². The summed E-state index contributed by atoms with van der Waals surface area (Å²) in [5, 5.41) is 9.25. The maximum Gasteiger partial charge on any atom is 0.345 e. The van der Waals surface area contributed by atoms with Gasteiger partial charge in [-0.15, -0.1) is 0 Å². The molecule has 1 aliphatic heterocycles. The summed E-state index contributed by atoms with van der Waals surface area (Å²) >= 11 is 0. The van der Waals surface area contributed by atoms with Gasteiger partial charge < -0.3 is 14.7 Å². The lowest BCUT2D eigenvalue weighted by atomic mass is 9.67. The molecule has 2 fully saturated rings. The Labute approximate surface area is 135 Å². The third-order valence-corrected chi connectivity index (χ3v) is 5.24. The smallest absolute Gasteiger partial charge is 0.345 e. The quantitative estimate of drug-likeness (QED) is 0.812. The molecular formula is C16H25F2NO4. The highest BCUT2D eigenvalue weighted by molar-refractivity contribution is 5.87. The summed E-state index contributed by atoms with van der Waals surface area (Å²) in [5.74, 6) is -1.19. The molecule has 1 heterocycles. The monoisotopic (exact) mass is 333 g/mol. The molecule has 0 radical (unpaired) electrons. The van der Waals surface area contributed by atoms with E-state index in [1.807, 2.05) is 0 Å². The first-order valence-corrected chi connectivity index (χ1v) is 8.27. The molecule has 0 aromatic heterocycles. The second-order valence-electron chi connectivity index (χ2n) is 6.88. The standard InChI is InChI=1S/C16H25F2NO4/c1-16(9-13(20)21,11-5-3-2-4-6-11)14(22)19-8-7-12(10-19)23-15(17)18/h11-12,15H,2-10H2,1H3,(H,20,21)/t12-,16?/m0/s1. The van der Waals surface area contributed by atoms with Gasteiger partial charge in [0.2, 0.25) is 5.91 Å². The number of carboxylic acids is 1. The van der Waals surface area contributed by atoms with Crippen molar-refractivity contribution >= 4 is 11.9 Å². The van der Waals surface area contributed by atoms with Crippen LogP contribution < -0.4 is 0 Å². The maximum atomic E-state index is 13.0. The van der Waals surface area contributed by atoms with Crippen molar-refractivity contribution in [1.29, 1.82) is 0 Å². The number of alkyl halides is 2. The lowest BCUT2D eigenvalue weighted by Crippen LogP contribution is -2.47. The van der Waals surface area contributed by atoms with Gasteiger partial charge in [0.25, 0.3) is 0 Å². The zero-order valence-corrected chi connectivity index (χ0v) is 13.5. The first kappa shape index (κ1) is 18.1. The number of nitrogens with zero attached hydrogens (tertiary/aromatic N) is 1. The number of halogens is 2. The Kier molecular flexibility index (Phi) is 5.95. The predicted octanol–water partition coefficient (Wildman–Crippen LogP) is 2.89. The van der Waals surface area contributed by atoms with Crippen molar-refractivity contribution in [3.05, 3.63) is 0 Å². The molecule has 1 amide bonds. The number of ether oxygens (including phenoxy) is 1. The molecule has 1 N–H and O–H groups in total. The van der Waals surface area contributed by atoms with E-state index in [1.54, 1.807) is 6.92 Å².